The number of carbonyl (C=O) groups is 3. The highest BCUT2D eigenvalue weighted by molar-refractivity contribution is 6.33. The van der Waals surface area contributed by atoms with E-state index in [1.54, 1.807) is 0 Å². The average Bonchev–Trinajstić information content (AvgIpc) is 2.25. The van der Waals surface area contributed by atoms with Crippen LogP contribution in [0.4, 0.5) is 0 Å². The second-order valence-electron chi connectivity index (χ2n) is 3.51. The van der Waals surface area contributed by atoms with Crippen molar-refractivity contribution in [1.29, 1.82) is 0 Å². The van der Waals surface area contributed by atoms with Crippen LogP contribution in [0, 0.1) is 0 Å². The fourth-order valence-corrected chi connectivity index (χ4v) is 1.10. The van der Waals surface area contributed by atoms with Crippen LogP contribution in [0.5, 0.6) is 0 Å². The first-order valence-corrected chi connectivity index (χ1v) is 5.49. The fraction of sp³-hybridized carbons (Fsp3) is 0.727. The molecule has 16 heavy (non-hydrogen) atoms. The summed E-state index contributed by atoms with van der Waals surface area (Å²) in [6.45, 7) is 2.30. The van der Waals surface area contributed by atoms with Crippen molar-refractivity contribution < 1.29 is 24.2 Å². The van der Waals surface area contributed by atoms with Gasteiger partial charge in [-0.1, -0.05) is 26.2 Å². The molecule has 0 saturated carbocycles. The lowest BCUT2D eigenvalue weighted by atomic mass is 10.2. The molecule has 0 spiro atoms. The van der Waals surface area contributed by atoms with E-state index in [0.717, 1.165) is 25.7 Å². The van der Waals surface area contributed by atoms with Gasteiger partial charge in [-0.25, -0.2) is 4.79 Å². The molecule has 0 amide bonds. The Morgan fingerprint density at radius 3 is 2.31 bits per heavy atom. The Labute approximate surface area is 94.8 Å². The van der Waals surface area contributed by atoms with E-state index in [4.69, 9.17) is 9.84 Å². The average molecular weight is 230 g/mol. The number of hydrogen-bond acceptors (Lipinski definition) is 4. The molecule has 0 rings (SSSR count). The van der Waals surface area contributed by atoms with E-state index in [1.165, 1.54) is 0 Å². The fourth-order valence-electron chi connectivity index (χ4n) is 1.10. The number of esters is 1. The summed E-state index contributed by atoms with van der Waals surface area (Å²) in [5, 5.41) is 8.31. The summed E-state index contributed by atoms with van der Waals surface area (Å²) in [5.74, 6) is -2.78. The summed E-state index contributed by atoms with van der Waals surface area (Å²) in [7, 11) is 0. The van der Waals surface area contributed by atoms with Gasteiger partial charge in [0, 0.05) is 6.42 Å². The minimum Gasteiger partial charge on any atom is -0.481 e. The van der Waals surface area contributed by atoms with E-state index in [-0.39, 0.29) is 19.4 Å². The zero-order valence-electron chi connectivity index (χ0n) is 9.53. The number of carboxylic acid groups (broad SMARTS) is 1. The van der Waals surface area contributed by atoms with Crippen LogP contribution in [0.1, 0.15) is 45.4 Å². The van der Waals surface area contributed by atoms with E-state index >= 15 is 0 Å². The number of hydrogen-bond donors (Lipinski definition) is 1. The quantitative estimate of drug-likeness (QED) is 0.369. The molecule has 0 radical (unpaired) electrons. The zero-order valence-corrected chi connectivity index (χ0v) is 9.53. The molecule has 0 atom stereocenters. The van der Waals surface area contributed by atoms with Crippen molar-refractivity contribution in [2.45, 2.75) is 45.4 Å². The lowest BCUT2D eigenvalue weighted by Crippen LogP contribution is -2.18. The summed E-state index contributed by atoms with van der Waals surface area (Å²) < 4.78 is 4.70. The molecule has 0 bridgehead atoms. The molecular formula is C11H18O5. The first-order valence-electron chi connectivity index (χ1n) is 5.49. The lowest BCUT2D eigenvalue weighted by Gasteiger charge is -2.02. The molecular weight excluding hydrogens is 212 g/mol. The summed E-state index contributed by atoms with van der Waals surface area (Å²) in [6.07, 6.45) is 3.25. The van der Waals surface area contributed by atoms with Gasteiger partial charge in [0.25, 0.3) is 0 Å². The van der Waals surface area contributed by atoms with Crippen molar-refractivity contribution in [2.24, 2.45) is 0 Å². The van der Waals surface area contributed by atoms with Gasteiger partial charge in [-0.2, -0.15) is 0 Å². The van der Waals surface area contributed by atoms with Gasteiger partial charge >= 0.3 is 11.9 Å². The van der Waals surface area contributed by atoms with Gasteiger partial charge in [0.15, 0.2) is 0 Å². The molecule has 5 heteroatoms. The number of ether oxygens (including phenoxy) is 1. The van der Waals surface area contributed by atoms with Crippen molar-refractivity contribution in [3.8, 4) is 0 Å². The summed E-state index contributed by atoms with van der Waals surface area (Å²) in [4.78, 5) is 32.2. The lowest BCUT2D eigenvalue weighted by molar-refractivity contribution is -0.154. The van der Waals surface area contributed by atoms with Gasteiger partial charge < -0.3 is 9.84 Å². The van der Waals surface area contributed by atoms with Crippen molar-refractivity contribution in [3.05, 3.63) is 0 Å². The first kappa shape index (κ1) is 14.6. The van der Waals surface area contributed by atoms with Gasteiger partial charge in [-0.05, 0) is 6.42 Å². The number of aliphatic carboxylic acids is 1. The van der Waals surface area contributed by atoms with E-state index in [0.29, 0.717) is 0 Å². The smallest absolute Gasteiger partial charge is 0.374 e. The first-order chi connectivity index (χ1) is 7.57. The molecule has 0 fully saturated rings. The summed E-state index contributed by atoms with van der Waals surface area (Å²) >= 11 is 0. The van der Waals surface area contributed by atoms with Crippen LogP contribution >= 0.6 is 0 Å². The van der Waals surface area contributed by atoms with Crippen molar-refractivity contribution >= 4 is 17.7 Å². The molecule has 0 aromatic carbocycles. The molecule has 92 valence electrons. The molecule has 0 saturated heterocycles. The van der Waals surface area contributed by atoms with Gasteiger partial charge in [-0.3, -0.25) is 9.59 Å². The van der Waals surface area contributed by atoms with E-state index < -0.39 is 17.7 Å². The molecule has 0 aliphatic heterocycles. The van der Waals surface area contributed by atoms with Gasteiger partial charge in [0.05, 0.1) is 13.0 Å². The molecule has 0 aromatic rings. The van der Waals surface area contributed by atoms with Crippen LogP contribution in [0.3, 0.4) is 0 Å². The highest BCUT2D eigenvalue weighted by Crippen LogP contribution is 2.00. The third-order valence-electron chi connectivity index (χ3n) is 2.02. The zero-order chi connectivity index (χ0) is 12.4. The number of Topliss-reactive ketones (excluding diaryl/α,β-unsaturated/α-hetero) is 1. The second kappa shape index (κ2) is 8.88. The second-order valence-corrected chi connectivity index (χ2v) is 3.51. The van der Waals surface area contributed by atoms with E-state index in [2.05, 4.69) is 6.92 Å². The molecule has 1 N–H and O–H groups in total. The third-order valence-corrected chi connectivity index (χ3v) is 2.02. The van der Waals surface area contributed by atoms with Crippen LogP contribution in [0.2, 0.25) is 0 Å². The van der Waals surface area contributed by atoms with Crippen LogP contribution in [-0.4, -0.2) is 29.4 Å². The van der Waals surface area contributed by atoms with Gasteiger partial charge in [0.2, 0.25) is 5.78 Å². The number of carboxylic acids is 1. The molecule has 0 aliphatic carbocycles. The van der Waals surface area contributed by atoms with Crippen molar-refractivity contribution in [2.75, 3.05) is 6.61 Å². The Morgan fingerprint density at radius 2 is 1.75 bits per heavy atom. The van der Waals surface area contributed by atoms with Crippen molar-refractivity contribution in [1.82, 2.24) is 0 Å². The number of unbranched alkanes of at least 4 members (excludes halogenated alkanes) is 3. The number of ketones is 1. The summed E-state index contributed by atoms with van der Waals surface area (Å²) in [6, 6.07) is 0. The Bertz CT molecular complexity index is 247. The summed E-state index contributed by atoms with van der Waals surface area (Å²) in [5.41, 5.74) is 0. The molecule has 0 unspecified atom stereocenters. The minimum atomic E-state index is -1.09. The Balaban J connectivity index is 3.55. The van der Waals surface area contributed by atoms with Crippen LogP contribution in [0.25, 0.3) is 0 Å². The van der Waals surface area contributed by atoms with Crippen LogP contribution in [0.15, 0.2) is 0 Å². The monoisotopic (exact) mass is 230 g/mol. The molecule has 0 aliphatic rings. The normalized spacial score (nSPS) is 9.81. The minimum absolute atomic E-state index is 0.234. The van der Waals surface area contributed by atoms with E-state index in [1.807, 2.05) is 0 Å². The third kappa shape index (κ3) is 7.96. The van der Waals surface area contributed by atoms with Crippen LogP contribution < -0.4 is 0 Å². The molecule has 5 nitrogen and oxygen atoms in total. The maximum atomic E-state index is 11.0. The molecule has 0 aromatic heterocycles. The van der Waals surface area contributed by atoms with Crippen molar-refractivity contribution in [3.63, 3.8) is 0 Å². The maximum Gasteiger partial charge on any atom is 0.374 e. The standard InChI is InChI=1S/C11H18O5/c1-2-3-4-5-8-16-11(15)9(12)6-7-10(13)14/h2-8H2,1H3,(H,13,14). The predicted octanol–water partition coefficient (Wildman–Crippen LogP) is 1.54. The Hall–Kier alpha value is -1.39. The van der Waals surface area contributed by atoms with Gasteiger partial charge in [0.1, 0.15) is 0 Å². The SMILES string of the molecule is CCCCCCOC(=O)C(=O)CCC(=O)O. The highest BCUT2D eigenvalue weighted by atomic mass is 16.5. The highest BCUT2D eigenvalue weighted by Gasteiger charge is 2.16. The van der Waals surface area contributed by atoms with E-state index in [9.17, 15) is 14.4 Å². The largest absolute Gasteiger partial charge is 0.481 e. The predicted molar refractivity (Wildman–Crippen MR) is 57.0 cm³/mol. The van der Waals surface area contributed by atoms with Gasteiger partial charge in [-0.15, -0.1) is 0 Å². The maximum absolute atomic E-state index is 11.0. The number of rotatable bonds is 9. The number of carbonyl (C=O) groups excluding carboxylic acids is 2. The van der Waals surface area contributed by atoms with Crippen LogP contribution in [-0.2, 0) is 19.1 Å². The Kier molecular flexibility index (Phi) is 8.11. The molecule has 0 heterocycles. The Morgan fingerprint density at radius 1 is 1.06 bits per heavy atom. The topological polar surface area (TPSA) is 80.7 Å².